The fourth-order valence-electron chi connectivity index (χ4n) is 8.91. The minimum Gasteiger partial charge on any atom is -0.456 e. The zero-order chi connectivity index (χ0) is 37.5. The number of amidine groups is 1. The molecular formula is C51H34N4OS. The molecular weight excluding hydrogens is 717 g/mol. The smallest absolute Gasteiger partial charge is 0.142 e. The first kappa shape index (κ1) is 32.3. The largest absolute Gasteiger partial charge is 0.456 e. The monoisotopic (exact) mass is 750 g/mol. The van der Waals surface area contributed by atoms with Gasteiger partial charge in [-0.15, -0.1) is 11.3 Å². The summed E-state index contributed by atoms with van der Waals surface area (Å²) in [5.41, 5.74) is 10.9. The number of aliphatic imine (C=N–C) groups is 1. The van der Waals surface area contributed by atoms with Crippen LogP contribution in [0.1, 0.15) is 29.0 Å². The van der Waals surface area contributed by atoms with Gasteiger partial charge in [-0.1, -0.05) is 146 Å². The maximum Gasteiger partial charge on any atom is 0.142 e. The molecule has 0 aliphatic carbocycles. The van der Waals surface area contributed by atoms with Crippen molar-refractivity contribution in [3.8, 4) is 16.8 Å². The van der Waals surface area contributed by atoms with E-state index < -0.39 is 0 Å². The minimum atomic E-state index is -0.243. The molecule has 0 saturated heterocycles. The first-order chi connectivity index (χ1) is 28.3. The number of hydrogen-bond donors (Lipinski definition) is 2. The first-order valence-corrected chi connectivity index (χ1v) is 20.2. The SMILES string of the molecule is c1ccc(C2=NC(c3ccccc3)NC(c3cccc4c3oc3cccc(-c5ccc6sc7c(-n8c9ccccc9c9ccccc98)cccc7c6c5)c34)N2)cc1. The van der Waals surface area contributed by atoms with Crippen LogP contribution in [-0.2, 0) is 0 Å². The van der Waals surface area contributed by atoms with Gasteiger partial charge in [0.25, 0.3) is 0 Å². The van der Waals surface area contributed by atoms with Crippen molar-refractivity contribution in [2.45, 2.75) is 12.3 Å². The molecule has 3 aromatic heterocycles. The van der Waals surface area contributed by atoms with E-state index in [1.54, 1.807) is 0 Å². The maximum atomic E-state index is 6.83. The van der Waals surface area contributed by atoms with E-state index in [0.29, 0.717) is 0 Å². The van der Waals surface area contributed by atoms with Gasteiger partial charge in [0.2, 0.25) is 0 Å². The Hall–Kier alpha value is -6.99. The highest BCUT2D eigenvalue weighted by Crippen LogP contribution is 2.44. The van der Waals surface area contributed by atoms with Crippen molar-refractivity contribution in [2.75, 3.05) is 0 Å². The lowest BCUT2D eigenvalue weighted by Gasteiger charge is -2.32. The number of para-hydroxylation sites is 3. The van der Waals surface area contributed by atoms with Gasteiger partial charge in [0, 0.05) is 48.1 Å². The number of hydrogen-bond acceptors (Lipinski definition) is 5. The van der Waals surface area contributed by atoms with Crippen molar-refractivity contribution in [1.82, 2.24) is 15.2 Å². The van der Waals surface area contributed by atoms with Gasteiger partial charge in [-0.05, 0) is 53.1 Å². The lowest BCUT2D eigenvalue weighted by molar-refractivity contribution is 0.408. The number of furan rings is 1. The maximum absolute atomic E-state index is 6.83. The summed E-state index contributed by atoms with van der Waals surface area (Å²) in [6.45, 7) is 0. The van der Waals surface area contributed by atoms with Gasteiger partial charge >= 0.3 is 0 Å². The molecule has 57 heavy (non-hydrogen) atoms. The molecule has 0 fully saturated rings. The third-order valence-electron chi connectivity index (χ3n) is 11.5. The number of nitrogens with one attached hydrogen (secondary N) is 2. The average molecular weight is 751 g/mol. The number of aromatic nitrogens is 1. The molecule has 1 aliphatic heterocycles. The van der Waals surface area contributed by atoms with Gasteiger partial charge < -0.3 is 14.3 Å². The summed E-state index contributed by atoms with van der Waals surface area (Å²) in [5.74, 6) is 0.847. The molecule has 0 radical (unpaired) electrons. The third-order valence-corrected chi connectivity index (χ3v) is 12.7. The molecule has 0 spiro atoms. The molecule has 4 heterocycles. The predicted octanol–water partition coefficient (Wildman–Crippen LogP) is 13.1. The molecule has 0 saturated carbocycles. The Morgan fingerprint density at radius 3 is 2.05 bits per heavy atom. The molecule has 2 atom stereocenters. The summed E-state index contributed by atoms with van der Waals surface area (Å²) in [6.07, 6.45) is -0.474. The van der Waals surface area contributed by atoms with E-state index in [0.717, 1.165) is 50.0 Å². The Morgan fingerprint density at radius 2 is 1.25 bits per heavy atom. The van der Waals surface area contributed by atoms with Crippen molar-refractivity contribution >= 4 is 81.1 Å². The van der Waals surface area contributed by atoms with Gasteiger partial charge in [-0.25, -0.2) is 4.99 Å². The zero-order valence-corrected chi connectivity index (χ0v) is 31.5. The number of thiophene rings is 1. The summed E-state index contributed by atoms with van der Waals surface area (Å²) in [5, 5.41) is 14.8. The van der Waals surface area contributed by atoms with Crippen LogP contribution in [0.3, 0.4) is 0 Å². The normalized spacial score (nSPS) is 15.9. The van der Waals surface area contributed by atoms with E-state index in [2.05, 4.69) is 185 Å². The van der Waals surface area contributed by atoms with Crippen molar-refractivity contribution < 1.29 is 4.42 Å². The van der Waals surface area contributed by atoms with Crippen molar-refractivity contribution in [3.63, 3.8) is 0 Å². The Balaban J connectivity index is 0.991. The van der Waals surface area contributed by atoms with Crippen LogP contribution in [0.25, 0.3) is 80.7 Å². The van der Waals surface area contributed by atoms with Gasteiger partial charge in [0.15, 0.2) is 0 Å². The fourth-order valence-corrected chi connectivity index (χ4v) is 10.1. The highest BCUT2D eigenvalue weighted by molar-refractivity contribution is 7.26. The van der Waals surface area contributed by atoms with Crippen molar-refractivity contribution in [3.05, 3.63) is 199 Å². The zero-order valence-electron chi connectivity index (χ0n) is 30.7. The van der Waals surface area contributed by atoms with E-state index in [-0.39, 0.29) is 12.3 Å². The van der Waals surface area contributed by atoms with E-state index >= 15 is 0 Å². The lowest BCUT2D eigenvalue weighted by Crippen LogP contribution is -2.45. The second-order valence-corrected chi connectivity index (χ2v) is 15.8. The van der Waals surface area contributed by atoms with Crippen LogP contribution < -0.4 is 10.6 Å². The van der Waals surface area contributed by atoms with Crippen molar-refractivity contribution in [1.29, 1.82) is 0 Å². The van der Waals surface area contributed by atoms with Crippen molar-refractivity contribution in [2.24, 2.45) is 4.99 Å². The molecule has 8 aromatic carbocycles. The second kappa shape index (κ2) is 12.8. The Labute approximate surface area is 332 Å². The Bertz CT molecular complexity index is 3320. The fraction of sp³-hybridized carbons (Fsp3) is 0.0392. The van der Waals surface area contributed by atoms with Crippen LogP contribution in [0, 0.1) is 0 Å². The topological polar surface area (TPSA) is 54.5 Å². The van der Waals surface area contributed by atoms with E-state index in [9.17, 15) is 0 Å². The predicted molar refractivity (Wildman–Crippen MR) is 238 cm³/mol. The van der Waals surface area contributed by atoms with Gasteiger partial charge in [0.1, 0.15) is 29.3 Å². The van der Waals surface area contributed by atoms with E-state index in [1.807, 2.05) is 23.5 Å². The summed E-state index contributed by atoms with van der Waals surface area (Å²) in [6, 6.07) is 64.8. The summed E-state index contributed by atoms with van der Waals surface area (Å²) >= 11 is 1.87. The Morgan fingerprint density at radius 1 is 0.561 bits per heavy atom. The summed E-state index contributed by atoms with van der Waals surface area (Å²) < 4.78 is 11.8. The van der Waals surface area contributed by atoms with Crippen LogP contribution in [0.2, 0.25) is 0 Å². The number of nitrogens with zero attached hydrogens (tertiary/aromatic N) is 2. The number of rotatable bonds is 5. The summed E-state index contributed by atoms with van der Waals surface area (Å²) in [7, 11) is 0. The highest BCUT2D eigenvalue weighted by Gasteiger charge is 2.28. The molecule has 0 amide bonds. The van der Waals surface area contributed by atoms with Crippen LogP contribution in [0.5, 0.6) is 0 Å². The lowest BCUT2D eigenvalue weighted by atomic mass is 9.97. The summed E-state index contributed by atoms with van der Waals surface area (Å²) in [4.78, 5) is 5.13. The van der Waals surface area contributed by atoms with Gasteiger partial charge in [-0.3, -0.25) is 5.32 Å². The third kappa shape index (κ3) is 5.08. The van der Waals surface area contributed by atoms with Gasteiger partial charge in [-0.2, -0.15) is 0 Å². The molecule has 11 aromatic rings. The first-order valence-electron chi connectivity index (χ1n) is 19.4. The standard InChI is InChI=1S/C51H34N4OS/c1-3-14-31(15-4-1)49-52-50(32-16-5-2-6-17-32)54-51(53-49)39-23-11-22-38-46-34(20-13-27-44(46)56-47(38)39)33-28-29-45-40(30-33)37-21-12-26-43(48(37)57-45)55-41-24-9-7-18-35(41)36-19-8-10-25-42(36)55/h1-30,49,51,53H,(H,52,54). The molecule has 6 heteroatoms. The van der Waals surface area contributed by atoms with E-state index in [1.165, 1.54) is 53.2 Å². The molecule has 2 unspecified atom stereocenters. The number of benzene rings is 8. The Kier molecular flexibility index (Phi) is 7.24. The van der Waals surface area contributed by atoms with E-state index in [4.69, 9.17) is 9.41 Å². The minimum absolute atomic E-state index is 0.231. The molecule has 2 N–H and O–H groups in total. The average Bonchev–Trinajstić information content (AvgIpc) is 3.96. The second-order valence-electron chi connectivity index (χ2n) is 14.7. The van der Waals surface area contributed by atoms with Crippen LogP contribution in [0.15, 0.2) is 191 Å². The highest BCUT2D eigenvalue weighted by atomic mass is 32.1. The van der Waals surface area contributed by atoms with Gasteiger partial charge in [0.05, 0.1) is 21.4 Å². The van der Waals surface area contributed by atoms with Crippen LogP contribution in [-0.4, -0.2) is 10.4 Å². The molecule has 0 bridgehead atoms. The van der Waals surface area contributed by atoms with Crippen LogP contribution in [0.4, 0.5) is 0 Å². The quantitative estimate of drug-likeness (QED) is 0.184. The van der Waals surface area contributed by atoms with Crippen LogP contribution >= 0.6 is 11.3 Å². The molecule has 1 aliphatic rings. The molecule has 12 rings (SSSR count). The number of fused-ring (bicyclic) bond motifs is 9. The molecule has 5 nitrogen and oxygen atoms in total. The molecule has 270 valence electrons.